The van der Waals surface area contributed by atoms with Crippen LogP contribution >= 0.6 is 11.6 Å². The van der Waals surface area contributed by atoms with Gasteiger partial charge < -0.3 is 9.80 Å². The summed E-state index contributed by atoms with van der Waals surface area (Å²) in [5.41, 5.74) is 0. The normalized spacial score (nSPS) is 17.1. The standard InChI is InChI=1S/C14H17ClN4/c1-2-18-7-9-19(10-8-18)14-12-6-4-3-5-11(12)13(15)16-17-14/h3-6H,2,7-10H2,1H3. The van der Waals surface area contributed by atoms with Crippen molar-refractivity contribution in [3.05, 3.63) is 29.4 Å². The van der Waals surface area contributed by atoms with Crippen LogP contribution in [-0.4, -0.2) is 47.8 Å². The van der Waals surface area contributed by atoms with E-state index < -0.39 is 0 Å². The zero-order valence-electron chi connectivity index (χ0n) is 11.0. The van der Waals surface area contributed by atoms with Gasteiger partial charge in [-0.2, -0.15) is 0 Å². The van der Waals surface area contributed by atoms with Gasteiger partial charge in [0.05, 0.1) is 0 Å². The van der Waals surface area contributed by atoms with Crippen LogP contribution in [0.5, 0.6) is 0 Å². The van der Waals surface area contributed by atoms with Crippen molar-refractivity contribution in [1.82, 2.24) is 15.1 Å². The Kier molecular flexibility index (Phi) is 3.53. The summed E-state index contributed by atoms with van der Waals surface area (Å²) in [6, 6.07) is 8.07. The predicted octanol–water partition coefficient (Wildman–Crippen LogP) is 2.43. The fraction of sp³-hybridized carbons (Fsp3) is 0.429. The third kappa shape index (κ3) is 2.38. The highest BCUT2D eigenvalue weighted by Gasteiger charge is 2.19. The van der Waals surface area contributed by atoms with Crippen LogP contribution in [0.15, 0.2) is 24.3 Å². The Morgan fingerprint density at radius 2 is 1.74 bits per heavy atom. The first kappa shape index (κ1) is 12.6. The molecule has 0 aliphatic carbocycles. The van der Waals surface area contributed by atoms with Gasteiger partial charge in [0.25, 0.3) is 0 Å². The quantitative estimate of drug-likeness (QED) is 0.843. The second kappa shape index (κ2) is 5.31. The molecule has 2 aromatic rings. The maximum atomic E-state index is 6.11. The highest BCUT2D eigenvalue weighted by atomic mass is 35.5. The molecule has 0 unspecified atom stereocenters. The zero-order valence-corrected chi connectivity index (χ0v) is 11.8. The van der Waals surface area contributed by atoms with Gasteiger partial charge in [-0.05, 0) is 6.54 Å². The number of fused-ring (bicyclic) bond motifs is 1. The summed E-state index contributed by atoms with van der Waals surface area (Å²) in [5.74, 6) is 0.954. The van der Waals surface area contributed by atoms with Gasteiger partial charge in [0.15, 0.2) is 11.0 Å². The topological polar surface area (TPSA) is 32.3 Å². The average Bonchev–Trinajstić information content (AvgIpc) is 2.48. The molecule has 0 bridgehead atoms. The molecule has 4 nitrogen and oxygen atoms in total. The lowest BCUT2D eigenvalue weighted by Crippen LogP contribution is -2.46. The van der Waals surface area contributed by atoms with E-state index in [-0.39, 0.29) is 0 Å². The number of rotatable bonds is 2. The molecular weight excluding hydrogens is 260 g/mol. The first-order chi connectivity index (χ1) is 9.29. The number of piperazine rings is 1. The van der Waals surface area contributed by atoms with E-state index >= 15 is 0 Å². The van der Waals surface area contributed by atoms with Crippen molar-refractivity contribution in [2.45, 2.75) is 6.92 Å². The molecule has 2 heterocycles. The van der Waals surface area contributed by atoms with Gasteiger partial charge in [0, 0.05) is 37.0 Å². The summed E-state index contributed by atoms with van der Waals surface area (Å²) in [7, 11) is 0. The van der Waals surface area contributed by atoms with E-state index in [4.69, 9.17) is 11.6 Å². The maximum absolute atomic E-state index is 6.11. The van der Waals surface area contributed by atoms with Crippen molar-refractivity contribution >= 4 is 28.2 Å². The third-order valence-electron chi connectivity index (χ3n) is 3.74. The number of halogens is 1. The minimum absolute atomic E-state index is 0.478. The molecule has 19 heavy (non-hydrogen) atoms. The molecule has 0 amide bonds. The van der Waals surface area contributed by atoms with Crippen LogP contribution in [-0.2, 0) is 0 Å². The van der Waals surface area contributed by atoms with Crippen LogP contribution in [0.25, 0.3) is 10.8 Å². The molecule has 1 aromatic carbocycles. The largest absolute Gasteiger partial charge is 0.352 e. The Hall–Kier alpha value is -1.39. The Morgan fingerprint density at radius 1 is 1.05 bits per heavy atom. The molecule has 0 radical (unpaired) electrons. The lowest BCUT2D eigenvalue weighted by Gasteiger charge is -2.34. The lowest BCUT2D eigenvalue weighted by atomic mass is 10.1. The van der Waals surface area contributed by atoms with Crippen LogP contribution in [0.1, 0.15) is 6.92 Å². The molecule has 1 aliphatic rings. The SMILES string of the molecule is CCN1CCN(c2nnc(Cl)c3ccccc23)CC1. The Balaban J connectivity index is 1.95. The van der Waals surface area contributed by atoms with Gasteiger partial charge in [-0.1, -0.05) is 42.8 Å². The van der Waals surface area contributed by atoms with E-state index in [1.54, 1.807) is 0 Å². The molecule has 3 rings (SSSR count). The molecular formula is C14H17ClN4. The summed E-state index contributed by atoms with van der Waals surface area (Å²) < 4.78 is 0. The second-order valence-electron chi connectivity index (χ2n) is 4.78. The minimum atomic E-state index is 0.478. The van der Waals surface area contributed by atoms with Crippen molar-refractivity contribution in [3.63, 3.8) is 0 Å². The fourth-order valence-electron chi connectivity index (χ4n) is 2.57. The molecule has 1 aromatic heterocycles. The summed E-state index contributed by atoms with van der Waals surface area (Å²) in [6.45, 7) is 7.46. The van der Waals surface area contributed by atoms with Crippen LogP contribution in [0.2, 0.25) is 5.15 Å². The molecule has 5 heteroatoms. The number of hydrogen-bond donors (Lipinski definition) is 0. The second-order valence-corrected chi connectivity index (χ2v) is 5.14. The fourth-order valence-corrected chi connectivity index (χ4v) is 2.77. The smallest absolute Gasteiger partial charge is 0.159 e. The summed E-state index contributed by atoms with van der Waals surface area (Å²) >= 11 is 6.11. The first-order valence-corrected chi connectivity index (χ1v) is 7.05. The number of hydrogen-bond acceptors (Lipinski definition) is 4. The summed E-state index contributed by atoms with van der Waals surface area (Å²) in [5, 5.41) is 10.9. The van der Waals surface area contributed by atoms with Gasteiger partial charge >= 0.3 is 0 Å². The van der Waals surface area contributed by atoms with Gasteiger partial charge in [0.1, 0.15) is 0 Å². The molecule has 100 valence electrons. The monoisotopic (exact) mass is 276 g/mol. The van der Waals surface area contributed by atoms with Gasteiger partial charge in [-0.15, -0.1) is 10.2 Å². The number of anilines is 1. The van der Waals surface area contributed by atoms with E-state index in [1.165, 1.54) is 0 Å². The Morgan fingerprint density at radius 3 is 2.42 bits per heavy atom. The maximum Gasteiger partial charge on any atom is 0.159 e. The highest BCUT2D eigenvalue weighted by Crippen LogP contribution is 2.28. The van der Waals surface area contributed by atoms with Crippen molar-refractivity contribution < 1.29 is 0 Å². The van der Waals surface area contributed by atoms with Crippen LogP contribution in [0.3, 0.4) is 0 Å². The molecule has 1 aliphatic heterocycles. The molecule has 0 saturated carbocycles. The van der Waals surface area contributed by atoms with Gasteiger partial charge in [-0.25, -0.2) is 0 Å². The molecule has 1 saturated heterocycles. The predicted molar refractivity (Wildman–Crippen MR) is 78.9 cm³/mol. The highest BCUT2D eigenvalue weighted by molar-refractivity contribution is 6.34. The van der Waals surface area contributed by atoms with Crippen molar-refractivity contribution in [2.24, 2.45) is 0 Å². The number of benzene rings is 1. The summed E-state index contributed by atoms with van der Waals surface area (Å²) in [6.07, 6.45) is 0. The van der Waals surface area contributed by atoms with Crippen LogP contribution in [0, 0.1) is 0 Å². The molecule has 0 spiro atoms. The van der Waals surface area contributed by atoms with Crippen molar-refractivity contribution in [2.75, 3.05) is 37.6 Å². The van der Waals surface area contributed by atoms with E-state index in [0.717, 1.165) is 49.3 Å². The van der Waals surface area contributed by atoms with Crippen LogP contribution < -0.4 is 4.90 Å². The van der Waals surface area contributed by atoms with E-state index in [2.05, 4.69) is 33.0 Å². The van der Waals surface area contributed by atoms with Crippen molar-refractivity contribution in [1.29, 1.82) is 0 Å². The van der Waals surface area contributed by atoms with E-state index in [0.29, 0.717) is 5.15 Å². The molecule has 1 fully saturated rings. The first-order valence-electron chi connectivity index (χ1n) is 6.68. The van der Waals surface area contributed by atoms with E-state index in [9.17, 15) is 0 Å². The lowest BCUT2D eigenvalue weighted by molar-refractivity contribution is 0.270. The number of aromatic nitrogens is 2. The van der Waals surface area contributed by atoms with Crippen molar-refractivity contribution in [3.8, 4) is 0 Å². The third-order valence-corrected chi connectivity index (χ3v) is 4.02. The number of nitrogens with zero attached hydrogens (tertiary/aromatic N) is 4. The van der Waals surface area contributed by atoms with Crippen LogP contribution in [0.4, 0.5) is 5.82 Å². The van der Waals surface area contributed by atoms with Gasteiger partial charge in [0.2, 0.25) is 0 Å². The van der Waals surface area contributed by atoms with Gasteiger partial charge in [-0.3, -0.25) is 0 Å². The number of likely N-dealkylation sites (N-methyl/N-ethyl adjacent to an activating group) is 1. The Labute approximate surface area is 118 Å². The molecule has 0 atom stereocenters. The molecule has 0 N–H and O–H groups in total. The summed E-state index contributed by atoms with van der Waals surface area (Å²) in [4.78, 5) is 4.75. The zero-order chi connectivity index (χ0) is 13.2. The Bertz CT molecular complexity index is 579. The van der Waals surface area contributed by atoms with E-state index in [1.807, 2.05) is 18.2 Å². The average molecular weight is 277 g/mol. The minimum Gasteiger partial charge on any atom is -0.352 e.